The highest BCUT2D eigenvalue weighted by Gasteiger charge is 2.15. The lowest BCUT2D eigenvalue weighted by molar-refractivity contribution is 0.0687. The van der Waals surface area contributed by atoms with Gasteiger partial charge in [0.1, 0.15) is 11.4 Å². The molecule has 19 heavy (non-hydrogen) atoms. The number of aryl methyl sites for hydroxylation is 2. The number of imidazole rings is 2. The number of carboxylic acid groups (broad SMARTS) is 1. The summed E-state index contributed by atoms with van der Waals surface area (Å²) < 4.78 is 3.34. The molecular formula is C13H13N3O2S. The molecule has 3 heterocycles. The number of nitrogens with zero attached hydrogens (tertiary/aromatic N) is 3. The topological polar surface area (TPSA) is 59.5 Å². The third-order valence-electron chi connectivity index (χ3n) is 3.12. The largest absolute Gasteiger partial charge is 0.477 e. The normalized spacial score (nSPS) is 11.3. The molecule has 0 bridgehead atoms. The summed E-state index contributed by atoms with van der Waals surface area (Å²) in [6.07, 6.45) is 4.47. The molecule has 3 aromatic heterocycles. The zero-order chi connectivity index (χ0) is 13.6. The second-order valence-electron chi connectivity index (χ2n) is 4.33. The second-order valence-corrected chi connectivity index (χ2v) is 5.50. The fourth-order valence-corrected chi connectivity index (χ4v) is 2.98. The van der Waals surface area contributed by atoms with E-state index in [2.05, 4.69) is 24.0 Å². The highest BCUT2D eigenvalue weighted by atomic mass is 32.1. The Kier molecular flexibility index (Phi) is 2.67. The number of rotatable bonds is 3. The third kappa shape index (κ3) is 1.84. The van der Waals surface area contributed by atoms with Crippen molar-refractivity contribution in [2.75, 3.05) is 0 Å². The standard InChI is InChI=1S/C13H13N3O2S/c1-3-8-4-5-11(19-8)9-6-16-7-10(12(17)18)15(2)13(16)14-9/h4-7H,3H2,1-2H3,(H,17,18). The molecule has 0 radical (unpaired) electrons. The van der Waals surface area contributed by atoms with Crippen molar-refractivity contribution in [3.8, 4) is 10.6 Å². The van der Waals surface area contributed by atoms with E-state index in [1.807, 2.05) is 6.20 Å². The van der Waals surface area contributed by atoms with Gasteiger partial charge in [0.05, 0.1) is 4.88 Å². The van der Waals surface area contributed by atoms with Gasteiger partial charge in [0.25, 0.3) is 0 Å². The van der Waals surface area contributed by atoms with Gasteiger partial charge in [-0.2, -0.15) is 0 Å². The van der Waals surface area contributed by atoms with Crippen LogP contribution < -0.4 is 0 Å². The summed E-state index contributed by atoms with van der Waals surface area (Å²) in [5.41, 5.74) is 1.11. The van der Waals surface area contributed by atoms with Gasteiger partial charge >= 0.3 is 5.97 Å². The van der Waals surface area contributed by atoms with E-state index in [1.165, 1.54) is 4.88 Å². The van der Waals surface area contributed by atoms with Crippen LogP contribution in [0, 0.1) is 0 Å². The van der Waals surface area contributed by atoms with Crippen LogP contribution in [-0.2, 0) is 13.5 Å². The Labute approximate surface area is 113 Å². The van der Waals surface area contributed by atoms with Crippen LogP contribution in [0.4, 0.5) is 0 Å². The van der Waals surface area contributed by atoms with Crippen molar-refractivity contribution in [3.05, 3.63) is 35.1 Å². The monoisotopic (exact) mass is 275 g/mol. The Bertz CT molecular complexity index is 766. The molecule has 0 saturated carbocycles. The number of carboxylic acids is 1. The van der Waals surface area contributed by atoms with E-state index in [4.69, 9.17) is 5.11 Å². The number of aromatic carboxylic acids is 1. The molecule has 0 spiro atoms. The molecule has 1 N–H and O–H groups in total. The maximum atomic E-state index is 11.0. The van der Waals surface area contributed by atoms with Crippen molar-refractivity contribution in [1.29, 1.82) is 0 Å². The minimum Gasteiger partial charge on any atom is -0.477 e. The first-order valence-electron chi connectivity index (χ1n) is 5.97. The number of hydrogen-bond acceptors (Lipinski definition) is 3. The number of fused-ring (bicyclic) bond motifs is 1. The van der Waals surface area contributed by atoms with Crippen LogP contribution in [0.25, 0.3) is 16.3 Å². The van der Waals surface area contributed by atoms with E-state index in [9.17, 15) is 4.79 Å². The maximum absolute atomic E-state index is 11.0. The van der Waals surface area contributed by atoms with Crippen molar-refractivity contribution in [3.63, 3.8) is 0 Å². The van der Waals surface area contributed by atoms with E-state index in [0.717, 1.165) is 17.0 Å². The Morgan fingerprint density at radius 3 is 2.79 bits per heavy atom. The molecule has 0 fully saturated rings. The maximum Gasteiger partial charge on any atom is 0.354 e. The molecule has 98 valence electrons. The molecule has 0 aliphatic rings. The molecule has 0 aliphatic carbocycles. The molecule has 6 heteroatoms. The third-order valence-corrected chi connectivity index (χ3v) is 4.37. The van der Waals surface area contributed by atoms with Crippen LogP contribution in [0.3, 0.4) is 0 Å². The van der Waals surface area contributed by atoms with Gasteiger partial charge in [-0.1, -0.05) is 6.92 Å². The van der Waals surface area contributed by atoms with Crippen molar-refractivity contribution < 1.29 is 9.90 Å². The summed E-state index contributed by atoms with van der Waals surface area (Å²) in [5.74, 6) is -0.308. The fraction of sp³-hybridized carbons (Fsp3) is 0.231. The Morgan fingerprint density at radius 2 is 2.21 bits per heavy atom. The van der Waals surface area contributed by atoms with Crippen LogP contribution in [-0.4, -0.2) is 25.0 Å². The summed E-state index contributed by atoms with van der Waals surface area (Å²) in [4.78, 5) is 18.0. The molecular weight excluding hydrogens is 262 g/mol. The number of thiophene rings is 1. The van der Waals surface area contributed by atoms with E-state index in [1.54, 1.807) is 33.5 Å². The van der Waals surface area contributed by atoms with Gasteiger partial charge in [0.2, 0.25) is 5.78 Å². The van der Waals surface area contributed by atoms with E-state index < -0.39 is 5.97 Å². The molecule has 0 aromatic carbocycles. The average Bonchev–Trinajstić information content (AvgIpc) is 3.04. The van der Waals surface area contributed by atoms with Crippen LogP contribution in [0.1, 0.15) is 22.3 Å². The van der Waals surface area contributed by atoms with Crippen LogP contribution in [0.5, 0.6) is 0 Å². The van der Waals surface area contributed by atoms with Gasteiger partial charge in [-0.25, -0.2) is 9.78 Å². The molecule has 0 aliphatic heterocycles. The predicted molar refractivity (Wildman–Crippen MR) is 73.8 cm³/mol. The quantitative estimate of drug-likeness (QED) is 0.799. The van der Waals surface area contributed by atoms with E-state index in [-0.39, 0.29) is 5.69 Å². The molecule has 3 aromatic rings. The molecule has 0 saturated heterocycles. The lowest BCUT2D eigenvalue weighted by Crippen LogP contribution is -2.04. The highest BCUT2D eigenvalue weighted by molar-refractivity contribution is 7.15. The number of hydrogen-bond donors (Lipinski definition) is 1. The molecule has 3 rings (SSSR count). The SMILES string of the molecule is CCc1ccc(-c2cn3cc(C(=O)O)n(C)c3n2)s1. The summed E-state index contributed by atoms with van der Waals surface area (Å²) in [6, 6.07) is 4.16. The summed E-state index contributed by atoms with van der Waals surface area (Å²) >= 11 is 1.72. The molecule has 0 atom stereocenters. The predicted octanol–water partition coefficient (Wildman–Crippen LogP) is 2.66. The summed E-state index contributed by atoms with van der Waals surface area (Å²) in [7, 11) is 1.71. The van der Waals surface area contributed by atoms with E-state index in [0.29, 0.717) is 5.78 Å². The van der Waals surface area contributed by atoms with Gasteiger partial charge in [-0.05, 0) is 18.6 Å². The first-order chi connectivity index (χ1) is 9.10. The summed E-state index contributed by atoms with van der Waals surface area (Å²) in [5, 5.41) is 9.05. The van der Waals surface area contributed by atoms with Crippen LogP contribution in [0.2, 0.25) is 0 Å². The fourth-order valence-electron chi connectivity index (χ4n) is 2.08. The van der Waals surface area contributed by atoms with Crippen molar-refractivity contribution >= 4 is 23.1 Å². The summed E-state index contributed by atoms with van der Waals surface area (Å²) in [6.45, 7) is 2.12. The van der Waals surface area contributed by atoms with Gasteiger partial charge in [0, 0.05) is 24.3 Å². The van der Waals surface area contributed by atoms with Gasteiger partial charge in [0.15, 0.2) is 0 Å². The lowest BCUT2D eigenvalue weighted by atomic mass is 10.3. The first-order valence-corrected chi connectivity index (χ1v) is 6.78. The number of aromatic nitrogens is 3. The van der Waals surface area contributed by atoms with Crippen molar-refractivity contribution in [2.45, 2.75) is 13.3 Å². The molecule has 5 nitrogen and oxygen atoms in total. The van der Waals surface area contributed by atoms with Crippen LogP contribution in [0.15, 0.2) is 24.5 Å². The van der Waals surface area contributed by atoms with Crippen molar-refractivity contribution in [2.24, 2.45) is 7.05 Å². The van der Waals surface area contributed by atoms with E-state index >= 15 is 0 Å². The minimum absolute atomic E-state index is 0.231. The van der Waals surface area contributed by atoms with Crippen molar-refractivity contribution in [1.82, 2.24) is 14.0 Å². The highest BCUT2D eigenvalue weighted by Crippen LogP contribution is 2.28. The first kappa shape index (κ1) is 12.0. The minimum atomic E-state index is -0.945. The smallest absolute Gasteiger partial charge is 0.354 e. The zero-order valence-corrected chi connectivity index (χ0v) is 11.4. The van der Waals surface area contributed by atoms with Gasteiger partial charge < -0.3 is 9.67 Å². The lowest BCUT2D eigenvalue weighted by Gasteiger charge is -1.95. The van der Waals surface area contributed by atoms with Gasteiger partial charge in [-0.15, -0.1) is 11.3 Å². The Balaban J connectivity index is 2.10. The van der Waals surface area contributed by atoms with Crippen LogP contribution >= 0.6 is 11.3 Å². The molecule has 0 unspecified atom stereocenters. The number of carbonyl (C=O) groups is 1. The average molecular weight is 275 g/mol. The molecule has 0 amide bonds. The second kappa shape index (κ2) is 4.24. The van der Waals surface area contributed by atoms with Gasteiger partial charge in [-0.3, -0.25) is 4.40 Å². The Morgan fingerprint density at radius 1 is 1.42 bits per heavy atom. The zero-order valence-electron chi connectivity index (χ0n) is 10.6. The Hall–Kier alpha value is -2.08.